The van der Waals surface area contributed by atoms with E-state index in [4.69, 9.17) is 16.1 Å². The van der Waals surface area contributed by atoms with Gasteiger partial charge in [0.2, 0.25) is 0 Å². The first-order valence-corrected chi connectivity index (χ1v) is 8.96. The minimum Gasteiger partial charge on any atom is -0.427 e. The highest BCUT2D eigenvalue weighted by Crippen LogP contribution is 2.62. The molecule has 0 heterocycles. The first-order valence-electron chi connectivity index (χ1n) is 2.92. The van der Waals surface area contributed by atoms with E-state index in [1.807, 2.05) is 0 Å². The van der Waals surface area contributed by atoms with Crippen molar-refractivity contribution in [1.29, 1.82) is 0 Å². The Morgan fingerprint density at radius 3 is 2.42 bits per heavy atom. The highest BCUT2D eigenvalue weighted by atomic mass is 79.9. The van der Waals surface area contributed by atoms with Crippen molar-refractivity contribution in [2.45, 2.75) is 0 Å². The molecule has 0 amide bonds. The number of hydrogen-bond donors (Lipinski definition) is 0. The normalized spacial score (nSPS) is 11.2. The molecule has 2 nitrogen and oxygen atoms in total. The Labute approximate surface area is 91.2 Å². The third kappa shape index (κ3) is 3.48. The number of halogens is 3. The molecule has 1 aromatic rings. The van der Waals surface area contributed by atoms with Gasteiger partial charge in [-0.3, -0.25) is 4.57 Å². The second-order valence-corrected chi connectivity index (χ2v) is 11.8. The summed E-state index contributed by atoms with van der Waals surface area (Å²) in [5.41, 5.74) is 0. The monoisotopic (exact) mass is 332 g/mol. The summed E-state index contributed by atoms with van der Waals surface area (Å²) in [6.45, 7) is 0. The molecule has 0 saturated heterocycles. The van der Waals surface area contributed by atoms with E-state index in [1.165, 1.54) is 0 Å². The highest BCUT2D eigenvalue weighted by molar-refractivity contribution is 9.70. The van der Waals surface area contributed by atoms with Crippen LogP contribution >= 0.6 is 47.4 Å². The van der Waals surface area contributed by atoms with E-state index in [0.29, 0.717) is 10.8 Å². The lowest BCUT2D eigenvalue weighted by Gasteiger charge is -2.07. The van der Waals surface area contributed by atoms with E-state index >= 15 is 0 Å². The summed E-state index contributed by atoms with van der Waals surface area (Å²) < 4.78 is 13.2. The average molecular weight is 334 g/mol. The Balaban J connectivity index is 2.90. The van der Waals surface area contributed by atoms with Crippen molar-refractivity contribution in [2.24, 2.45) is 0 Å². The molecule has 0 atom stereocenters. The molecule has 0 aliphatic carbocycles. The van der Waals surface area contributed by atoms with Crippen LogP contribution in [0.4, 0.5) is 0 Å². The van der Waals surface area contributed by atoms with Gasteiger partial charge < -0.3 is 4.52 Å². The van der Waals surface area contributed by atoms with E-state index in [9.17, 15) is 4.57 Å². The Bertz CT molecular complexity index is 325. The van der Waals surface area contributed by atoms with Gasteiger partial charge in [0.25, 0.3) is 0 Å². The fourth-order valence-corrected chi connectivity index (χ4v) is 2.19. The molecule has 0 unspecified atom stereocenters. The molecule has 0 N–H and O–H groups in total. The van der Waals surface area contributed by atoms with Crippen LogP contribution in [0.25, 0.3) is 0 Å². The molecule has 0 saturated carbocycles. The maximum Gasteiger partial charge on any atom is 0.374 e. The predicted octanol–water partition coefficient (Wildman–Crippen LogP) is 4.62. The quantitative estimate of drug-likeness (QED) is 0.738. The molecule has 0 aromatic heterocycles. The molecule has 0 aliphatic heterocycles. The Morgan fingerprint density at radius 2 is 1.92 bits per heavy atom. The third-order valence-electron chi connectivity index (χ3n) is 1.04. The number of hydrogen-bond acceptors (Lipinski definition) is 2. The molecule has 66 valence electrons. The maximum absolute atomic E-state index is 11.1. The topological polar surface area (TPSA) is 26.3 Å². The second kappa shape index (κ2) is 4.14. The summed E-state index contributed by atoms with van der Waals surface area (Å²) in [6, 6.07) is 6.81. The first kappa shape index (κ1) is 10.6. The van der Waals surface area contributed by atoms with Crippen LogP contribution in [0.2, 0.25) is 5.02 Å². The van der Waals surface area contributed by atoms with Gasteiger partial charge >= 0.3 is 4.77 Å². The molecule has 0 radical (unpaired) electrons. The summed E-state index contributed by atoms with van der Waals surface area (Å²) in [6.07, 6.45) is 0. The molecular weight excluding hydrogens is 330 g/mol. The van der Waals surface area contributed by atoms with Gasteiger partial charge in [0, 0.05) is 31.0 Å². The second-order valence-electron chi connectivity index (χ2n) is 1.94. The third-order valence-corrected chi connectivity index (χ3v) is 2.63. The van der Waals surface area contributed by atoms with Gasteiger partial charge in [0.15, 0.2) is 0 Å². The van der Waals surface area contributed by atoms with E-state index in [0.717, 1.165) is 0 Å². The number of benzene rings is 1. The summed E-state index contributed by atoms with van der Waals surface area (Å²) in [7, 11) is 0. The van der Waals surface area contributed by atoms with Crippen molar-refractivity contribution in [2.75, 3.05) is 0 Å². The molecule has 12 heavy (non-hydrogen) atoms. The van der Waals surface area contributed by atoms with Crippen LogP contribution in [0.5, 0.6) is 5.75 Å². The number of rotatable bonds is 2. The molecule has 0 fully saturated rings. The molecule has 6 heteroatoms. The van der Waals surface area contributed by atoms with E-state index < -0.39 is 4.77 Å². The fourth-order valence-electron chi connectivity index (χ4n) is 0.633. The lowest BCUT2D eigenvalue weighted by atomic mass is 10.3. The van der Waals surface area contributed by atoms with Gasteiger partial charge in [-0.05, 0) is 12.1 Å². The van der Waals surface area contributed by atoms with Crippen molar-refractivity contribution in [3.8, 4) is 5.75 Å². The van der Waals surface area contributed by atoms with Gasteiger partial charge in [-0.15, -0.1) is 0 Å². The molecule has 1 rings (SSSR count). The zero-order chi connectivity index (χ0) is 9.19. The van der Waals surface area contributed by atoms with Crippen molar-refractivity contribution in [3.05, 3.63) is 29.3 Å². The minimum absolute atomic E-state index is 0.385. The smallest absolute Gasteiger partial charge is 0.374 e. The molecule has 0 aliphatic rings. The van der Waals surface area contributed by atoms with Gasteiger partial charge in [-0.2, -0.15) is 0 Å². The Morgan fingerprint density at radius 1 is 1.33 bits per heavy atom. The van der Waals surface area contributed by atoms with Crippen LogP contribution in [0.1, 0.15) is 0 Å². The Hall–Kier alpha value is 0.500. The SMILES string of the molecule is O=P(Br)(Br)Oc1ccccc1Cl. The lowest BCUT2D eigenvalue weighted by molar-refractivity contribution is 0.518. The van der Waals surface area contributed by atoms with Crippen LogP contribution < -0.4 is 4.52 Å². The van der Waals surface area contributed by atoms with E-state index in [1.54, 1.807) is 24.3 Å². The largest absolute Gasteiger partial charge is 0.427 e. The molecule has 0 bridgehead atoms. The minimum atomic E-state index is -2.87. The molecular formula is C6H4Br2ClO2P. The summed E-state index contributed by atoms with van der Waals surface area (Å²) >= 11 is 11.4. The van der Waals surface area contributed by atoms with Gasteiger partial charge in [0.05, 0.1) is 5.02 Å². The van der Waals surface area contributed by atoms with E-state index in [2.05, 4.69) is 31.0 Å². The summed E-state index contributed by atoms with van der Waals surface area (Å²) in [5.74, 6) is 0.385. The summed E-state index contributed by atoms with van der Waals surface area (Å²) in [4.78, 5) is 0. The Kier molecular flexibility index (Phi) is 3.65. The van der Waals surface area contributed by atoms with Crippen molar-refractivity contribution >= 4 is 47.4 Å². The number of para-hydroxylation sites is 1. The van der Waals surface area contributed by atoms with Crippen LogP contribution in [-0.4, -0.2) is 0 Å². The van der Waals surface area contributed by atoms with Crippen molar-refractivity contribution < 1.29 is 9.09 Å². The van der Waals surface area contributed by atoms with Gasteiger partial charge in [0.1, 0.15) is 5.75 Å². The fraction of sp³-hybridized carbons (Fsp3) is 0. The zero-order valence-corrected chi connectivity index (χ0v) is 10.5. The first-order chi connectivity index (χ1) is 5.49. The van der Waals surface area contributed by atoms with E-state index in [-0.39, 0.29) is 0 Å². The maximum atomic E-state index is 11.1. The van der Waals surface area contributed by atoms with Gasteiger partial charge in [-0.25, -0.2) is 0 Å². The zero-order valence-electron chi connectivity index (χ0n) is 5.71. The van der Waals surface area contributed by atoms with Crippen molar-refractivity contribution in [3.63, 3.8) is 0 Å². The molecule has 1 aromatic carbocycles. The van der Waals surface area contributed by atoms with Crippen LogP contribution in [0.15, 0.2) is 24.3 Å². The highest BCUT2D eigenvalue weighted by Gasteiger charge is 2.15. The van der Waals surface area contributed by atoms with Crippen LogP contribution in [0.3, 0.4) is 0 Å². The van der Waals surface area contributed by atoms with Crippen molar-refractivity contribution in [1.82, 2.24) is 0 Å². The van der Waals surface area contributed by atoms with Crippen LogP contribution in [0, 0.1) is 0 Å². The standard InChI is InChI=1S/C6H4Br2ClO2P/c7-12(8,10)11-6-4-2-1-3-5(6)9/h1-4H. The average Bonchev–Trinajstić information content (AvgIpc) is 1.91. The molecule has 0 spiro atoms. The van der Waals surface area contributed by atoms with Gasteiger partial charge in [-0.1, -0.05) is 23.7 Å². The lowest BCUT2D eigenvalue weighted by Crippen LogP contribution is -1.80. The van der Waals surface area contributed by atoms with Crippen LogP contribution in [-0.2, 0) is 4.57 Å². The predicted molar refractivity (Wildman–Crippen MR) is 57.5 cm³/mol. The summed E-state index contributed by atoms with van der Waals surface area (Å²) in [5, 5.41) is 0.427.